The van der Waals surface area contributed by atoms with Crippen LogP contribution in [0.4, 0.5) is 5.69 Å². The van der Waals surface area contributed by atoms with Crippen LogP contribution in [0.1, 0.15) is 54.9 Å². The van der Waals surface area contributed by atoms with E-state index in [0.29, 0.717) is 25.6 Å². The number of carbonyl (C=O) groups excluding carboxylic acids is 1. The first-order valence-corrected chi connectivity index (χ1v) is 13.6. The number of nitrogens with zero attached hydrogens (tertiary/aromatic N) is 2. The summed E-state index contributed by atoms with van der Waals surface area (Å²) in [6.07, 6.45) is 5.44. The van der Waals surface area contributed by atoms with E-state index in [1.165, 1.54) is 47.5 Å². The van der Waals surface area contributed by atoms with Crippen LogP contribution in [-0.4, -0.2) is 44.8 Å². The fourth-order valence-corrected chi connectivity index (χ4v) is 6.17. The van der Waals surface area contributed by atoms with Crippen LogP contribution in [0.3, 0.4) is 0 Å². The molecular weight excluding hydrogens is 458 g/mol. The van der Waals surface area contributed by atoms with Gasteiger partial charge in [0.15, 0.2) is 0 Å². The Labute approximate surface area is 202 Å². The zero-order valence-corrected chi connectivity index (χ0v) is 20.7. The van der Waals surface area contributed by atoms with E-state index < -0.39 is 10.0 Å². The van der Waals surface area contributed by atoms with Gasteiger partial charge in [-0.2, -0.15) is 4.31 Å². The highest BCUT2D eigenvalue weighted by molar-refractivity contribution is 7.89. The molecule has 0 unspecified atom stereocenters. The van der Waals surface area contributed by atoms with Crippen molar-refractivity contribution in [2.45, 2.75) is 50.5 Å². The van der Waals surface area contributed by atoms with Gasteiger partial charge in [-0.15, -0.1) is 0 Å². The smallest absolute Gasteiger partial charge is 0.253 e. The lowest BCUT2D eigenvalue weighted by Gasteiger charge is -2.29. The van der Waals surface area contributed by atoms with Crippen molar-refractivity contribution in [1.82, 2.24) is 9.62 Å². The first kappa shape index (κ1) is 24.0. The molecule has 0 saturated carbocycles. The molecular formula is C25H32ClN3O3S. The van der Waals surface area contributed by atoms with E-state index in [9.17, 15) is 13.2 Å². The van der Waals surface area contributed by atoms with E-state index in [2.05, 4.69) is 29.3 Å². The molecule has 0 atom stereocenters. The molecule has 2 aromatic rings. The zero-order valence-electron chi connectivity index (χ0n) is 19.1. The van der Waals surface area contributed by atoms with Crippen molar-refractivity contribution >= 4 is 33.2 Å². The third-order valence-corrected chi connectivity index (χ3v) is 8.90. The van der Waals surface area contributed by atoms with Crippen molar-refractivity contribution in [3.63, 3.8) is 0 Å². The van der Waals surface area contributed by atoms with Gasteiger partial charge in [-0.05, 0) is 73.9 Å². The Bertz CT molecular complexity index is 1070. The normalized spacial score (nSPS) is 18.3. The molecule has 2 aromatic carbocycles. The van der Waals surface area contributed by atoms with Gasteiger partial charge in [-0.3, -0.25) is 4.79 Å². The zero-order chi connectivity index (χ0) is 23.4. The van der Waals surface area contributed by atoms with Crippen LogP contribution in [0.5, 0.6) is 0 Å². The molecule has 1 N–H and O–H groups in total. The standard InChI is InChI=1S/C25H32ClN3O3S/c1-19-11-15-29(16-12-19)33(31,32)22-9-10-24(26)23(17-22)25(30)27-18-20-5-7-21(8-6-20)28-13-3-2-4-14-28/h5-10,17,19H,2-4,11-16,18H2,1H3,(H,27,30). The summed E-state index contributed by atoms with van der Waals surface area (Å²) in [6, 6.07) is 12.6. The number of hydrogen-bond donors (Lipinski definition) is 1. The van der Waals surface area contributed by atoms with Crippen molar-refractivity contribution in [1.29, 1.82) is 0 Å². The van der Waals surface area contributed by atoms with Crippen LogP contribution in [-0.2, 0) is 16.6 Å². The van der Waals surface area contributed by atoms with Crippen LogP contribution in [0.15, 0.2) is 47.4 Å². The lowest BCUT2D eigenvalue weighted by molar-refractivity contribution is 0.0951. The van der Waals surface area contributed by atoms with Gasteiger partial charge in [0.2, 0.25) is 10.0 Å². The van der Waals surface area contributed by atoms with Crippen LogP contribution in [0.25, 0.3) is 0 Å². The number of halogens is 1. The third-order valence-electron chi connectivity index (χ3n) is 6.67. The summed E-state index contributed by atoms with van der Waals surface area (Å²) >= 11 is 6.26. The number of piperidine rings is 2. The predicted octanol–water partition coefficient (Wildman–Crippen LogP) is 4.68. The van der Waals surface area contributed by atoms with E-state index >= 15 is 0 Å². The molecule has 0 bridgehead atoms. The molecule has 2 aliphatic rings. The number of anilines is 1. The maximum absolute atomic E-state index is 13.1. The molecule has 1 amide bonds. The second kappa shape index (κ2) is 10.5. The Morgan fingerprint density at radius 1 is 1.00 bits per heavy atom. The van der Waals surface area contributed by atoms with Gasteiger partial charge in [0.05, 0.1) is 15.5 Å². The van der Waals surface area contributed by atoms with Crippen LogP contribution in [0, 0.1) is 5.92 Å². The number of benzene rings is 2. The van der Waals surface area contributed by atoms with Gasteiger partial charge in [0.1, 0.15) is 0 Å². The Morgan fingerprint density at radius 2 is 1.67 bits per heavy atom. The Kier molecular flexibility index (Phi) is 7.62. The lowest BCUT2D eigenvalue weighted by Crippen LogP contribution is -2.38. The minimum atomic E-state index is -3.65. The quantitative estimate of drug-likeness (QED) is 0.639. The van der Waals surface area contributed by atoms with Gasteiger partial charge in [-0.1, -0.05) is 30.7 Å². The summed E-state index contributed by atoms with van der Waals surface area (Å²) in [5.41, 5.74) is 2.36. The largest absolute Gasteiger partial charge is 0.372 e. The average molecular weight is 490 g/mol. The number of nitrogens with one attached hydrogen (secondary N) is 1. The van der Waals surface area contributed by atoms with Gasteiger partial charge >= 0.3 is 0 Å². The predicted molar refractivity (Wildman–Crippen MR) is 132 cm³/mol. The summed E-state index contributed by atoms with van der Waals surface area (Å²) in [5, 5.41) is 3.11. The highest BCUT2D eigenvalue weighted by atomic mass is 35.5. The van der Waals surface area contributed by atoms with Crippen LogP contribution in [0.2, 0.25) is 5.02 Å². The number of carbonyl (C=O) groups is 1. The SMILES string of the molecule is CC1CCN(S(=O)(=O)c2ccc(Cl)c(C(=O)NCc3ccc(N4CCCCC4)cc3)c2)CC1. The van der Waals surface area contributed by atoms with E-state index in [4.69, 9.17) is 11.6 Å². The van der Waals surface area contributed by atoms with Crippen molar-refractivity contribution in [3.8, 4) is 0 Å². The molecule has 2 saturated heterocycles. The number of hydrogen-bond acceptors (Lipinski definition) is 4. The summed E-state index contributed by atoms with van der Waals surface area (Å²) in [4.78, 5) is 15.3. The van der Waals surface area contributed by atoms with E-state index in [1.807, 2.05) is 12.1 Å². The second-order valence-electron chi connectivity index (χ2n) is 9.13. The highest BCUT2D eigenvalue weighted by Gasteiger charge is 2.29. The molecule has 8 heteroatoms. The maximum atomic E-state index is 13.1. The maximum Gasteiger partial charge on any atom is 0.253 e. The molecule has 0 aliphatic carbocycles. The molecule has 178 valence electrons. The molecule has 33 heavy (non-hydrogen) atoms. The fraction of sp³-hybridized carbons (Fsp3) is 0.480. The molecule has 6 nitrogen and oxygen atoms in total. The van der Waals surface area contributed by atoms with E-state index in [0.717, 1.165) is 31.5 Å². The monoisotopic (exact) mass is 489 g/mol. The summed E-state index contributed by atoms with van der Waals surface area (Å²) in [6.45, 7) is 5.66. The Balaban J connectivity index is 1.42. The van der Waals surface area contributed by atoms with E-state index in [-0.39, 0.29) is 21.4 Å². The molecule has 2 heterocycles. The van der Waals surface area contributed by atoms with Gasteiger partial charge in [0, 0.05) is 38.4 Å². The topological polar surface area (TPSA) is 69.7 Å². The summed E-state index contributed by atoms with van der Waals surface area (Å²) in [7, 11) is -3.65. The highest BCUT2D eigenvalue weighted by Crippen LogP contribution is 2.27. The Hall–Kier alpha value is -2.09. The minimum Gasteiger partial charge on any atom is -0.372 e. The first-order valence-electron chi connectivity index (χ1n) is 11.8. The first-order chi connectivity index (χ1) is 15.8. The molecule has 2 aliphatic heterocycles. The second-order valence-corrected chi connectivity index (χ2v) is 11.5. The molecule has 2 fully saturated rings. The summed E-state index contributed by atoms with van der Waals surface area (Å²) < 4.78 is 27.6. The van der Waals surface area contributed by atoms with Crippen LogP contribution >= 0.6 is 11.6 Å². The third kappa shape index (κ3) is 5.70. The molecule has 4 rings (SSSR count). The summed E-state index contributed by atoms with van der Waals surface area (Å²) in [5.74, 6) is 0.140. The van der Waals surface area contributed by atoms with Gasteiger partial charge in [0.25, 0.3) is 5.91 Å². The number of sulfonamides is 1. The molecule has 0 radical (unpaired) electrons. The van der Waals surface area contributed by atoms with Gasteiger partial charge < -0.3 is 10.2 Å². The van der Waals surface area contributed by atoms with Crippen molar-refractivity contribution in [2.75, 3.05) is 31.1 Å². The van der Waals surface area contributed by atoms with Crippen molar-refractivity contribution in [3.05, 3.63) is 58.6 Å². The number of amides is 1. The lowest BCUT2D eigenvalue weighted by atomic mass is 10.0. The van der Waals surface area contributed by atoms with Crippen LogP contribution < -0.4 is 10.2 Å². The van der Waals surface area contributed by atoms with E-state index in [1.54, 1.807) is 0 Å². The number of rotatable bonds is 6. The Morgan fingerprint density at radius 3 is 2.33 bits per heavy atom. The minimum absolute atomic E-state index is 0.109. The van der Waals surface area contributed by atoms with Crippen molar-refractivity contribution < 1.29 is 13.2 Å². The van der Waals surface area contributed by atoms with Crippen molar-refractivity contribution in [2.24, 2.45) is 5.92 Å². The van der Waals surface area contributed by atoms with Gasteiger partial charge in [-0.25, -0.2) is 8.42 Å². The average Bonchev–Trinajstić information content (AvgIpc) is 2.84. The molecule has 0 aromatic heterocycles. The molecule has 0 spiro atoms. The fourth-order valence-electron chi connectivity index (χ4n) is 4.47.